The Labute approximate surface area is 165 Å². The molecule has 5 heteroatoms. The Balaban J connectivity index is 2.44. The van der Waals surface area contributed by atoms with Crippen molar-refractivity contribution in [1.82, 2.24) is 0 Å². The molecule has 0 radical (unpaired) electrons. The molecule has 0 atom stereocenters. The maximum Gasteiger partial charge on any atom is 0.193 e. The Bertz CT molecular complexity index is 888. The van der Waals surface area contributed by atoms with Crippen LogP contribution in [0.25, 0.3) is 6.08 Å². The van der Waals surface area contributed by atoms with E-state index in [0.29, 0.717) is 23.5 Å². The largest absolute Gasteiger partial charge is 0.507 e. The minimum atomic E-state index is -0.355. The van der Waals surface area contributed by atoms with Crippen LogP contribution in [0.5, 0.6) is 23.0 Å². The Kier molecular flexibility index (Phi) is 7.27. The molecule has 2 aromatic rings. The zero-order chi connectivity index (χ0) is 20.7. The summed E-state index contributed by atoms with van der Waals surface area (Å²) >= 11 is 0. The Morgan fingerprint density at radius 2 is 1.71 bits per heavy atom. The Morgan fingerprint density at radius 3 is 2.25 bits per heavy atom. The number of hydrogen-bond acceptors (Lipinski definition) is 5. The molecule has 0 bridgehead atoms. The molecule has 2 rings (SSSR count). The number of phenols is 1. The normalized spacial score (nSPS) is 10.6. The molecule has 0 saturated carbocycles. The zero-order valence-corrected chi connectivity index (χ0v) is 16.9. The number of ether oxygens (including phenoxy) is 3. The fourth-order valence-corrected chi connectivity index (χ4v) is 2.78. The molecule has 0 aliphatic heterocycles. The second kappa shape index (κ2) is 9.65. The summed E-state index contributed by atoms with van der Waals surface area (Å²) in [5.74, 6) is 0.994. The number of allylic oxidation sites excluding steroid dienone is 3. The number of methoxy groups -OCH3 is 3. The monoisotopic (exact) mass is 382 g/mol. The molecule has 0 heterocycles. The molecule has 0 aliphatic carbocycles. The predicted octanol–water partition coefficient (Wildman–Crippen LogP) is 4.82. The van der Waals surface area contributed by atoms with Crippen LogP contribution in [-0.2, 0) is 6.42 Å². The smallest absolute Gasteiger partial charge is 0.193 e. The van der Waals surface area contributed by atoms with Gasteiger partial charge in [-0.25, -0.2) is 0 Å². The minimum absolute atomic E-state index is 0.116. The van der Waals surface area contributed by atoms with E-state index in [4.69, 9.17) is 14.2 Å². The highest BCUT2D eigenvalue weighted by Crippen LogP contribution is 2.39. The van der Waals surface area contributed by atoms with Gasteiger partial charge in [0.15, 0.2) is 5.78 Å². The van der Waals surface area contributed by atoms with Gasteiger partial charge in [-0.3, -0.25) is 4.79 Å². The van der Waals surface area contributed by atoms with Gasteiger partial charge in [0.1, 0.15) is 28.6 Å². The summed E-state index contributed by atoms with van der Waals surface area (Å²) in [6, 6.07) is 8.76. The lowest BCUT2D eigenvalue weighted by atomic mass is 9.99. The van der Waals surface area contributed by atoms with E-state index in [0.717, 1.165) is 16.9 Å². The number of carbonyl (C=O) groups is 1. The first-order valence-corrected chi connectivity index (χ1v) is 8.87. The van der Waals surface area contributed by atoms with E-state index in [1.807, 2.05) is 44.2 Å². The molecule has 0 saturated heterocycles. The van der Waals surface area contributed by atoms with Crippen molar-refractivity contribution in [2.45, 2.75) is 20.3 Å². The Hall–Kier alpha value is -3.21. The van der Waals surface area contributed by atoms with Gasteiger partial charge in [-0.2, -0.15) is 0 Å². The molecule has 0 spiro atoms. The maximum atomic E-state index is 12.8. The van der Waals surface area contributed by atoms with Gasteiger partial charge in [-0.05, 0) is 44.0 Å². The summed E-state index contributed by atoms with van der Waals surface area (Å²) in [5, 5.41) is 10.4. The number of aromatic hydroxyl groups is 1. The number of rotatable bonds is 8. The van der Waals surface area contributed by atoms with Crippen LogP contribution in [0.15, 0.2) is 48.1 Å². The van der Waals surface area contributed by atoms with Gasteiger partial charge in [-0.1, -0.05) is 29.9 Å². The standard InChI is InChI=1S/C23H26O5/c1-15(2)6-12-18-21(27-4)14-20(25)22(23(18)28-5)19(24)13-9-16-7-10-17(26-3)11-8-16/h6-11,13-14,25H,12H2,1-5H3/b13-9+. The first kappa shape index (κ1) is 21.1. The third-order valence-electron chi connectivity index (χ3n) is 4.25. The highest BCUT2D eigenvalue weighted by atomic mass is 16.5. The van der Waals surface area contributed by atoms with E-state index in [-0.39, 0.29) is 17.1 Å². The maximum absolute atomic E-state index is 12.8. The van der Waals surface area contributed by atoms with Crippen LogP contribution >= 0.6 is 0 Å². The summed E-state index contributed by atoms with van der Waals surface area (Å²) in [6.45, 7) is 3.98. The van der Waals surface area contributed by atoms with Crippen LogP contribution < -0.4 is 14.2 Å². The van der Waals surface area contributed by atoms with E-state index in [2.05, 4.69) is 0 Å². The quantitative estimate of drug-likeness (QED) is 0.403. The van der Waals surface area contributed by atoms with Crippen LogP contribution in [0.3, 0.4) is 0 Å². The number of carbonyl (C=O) groups excluding carboxylic acids is 1. The highest BCUT2D eigenvalue weighted by molar-refractivity contribution is 6.11. The molecule has 5 nitrogen and oxygen atoms in total. The first-order valence-electron chi connectivity index (χ1n) is 8.87. The molecule has 2 aromatic carbocycles. The van der Waals surface area contributed by atoms with Crippen molar-refractivity contribution < 1.29 is 24.1 Å². The summed E-state index contributed by atoms with van der Waals surface area (Å²) in [5.41, 5.74) is 2.80. The van der Waals surface area contributed by atoms with E-state index < -0.39 is 0 Å². The molecular formula is C23H26O5. The molecule has 28 heavy (non-hydrogen) atoms. The second-order valence-electron chi connectivity index (χ2n) is 6.44. The van der Waals surface area contributed by atoms with Gasteiger partial charge in [0.05, 0.1) is 21.3 Å². The van der Waals surface area contributed by atoms with Gasteiger partial charge in [0, 0.05) is 11.6 Å². The lowest BCUT2D eigenvalue weighted by Gasteiger charge is -2.16. The van der Waals surface area contributed by atoms with Crippen LogP contribution in [0.4, 0.5) is 0 Å². The van der Waals surface area contributed by atoms with Crippen molar-refractivity contribution in [1.29, 1.82) is 0 Å². The SMILES string of the molecule is COc1ccc(/C=C/C(=O)c2c(O)cc(OC)c(CC=C(C)C)c2OC)cc1. The molecule has 0 aliphatic rings. The van der Waals surface area contributed by atoms with Crippen molar-refractivity contribution in [3.8, 4) is 23.0 Å². The molecular weight excluding hydrogens is 356 g/mol. The zero-order valence-electron chi connectivity index (χ0n) is 16.9. The van der Waals surface area contributed by atoms with Gasteiger partial charge >= 0.3 is 0 Å². The average molecular weight is 382 g/mol. The molecule has 0 fully saturated rings. The molecule has 0 aromatic heterocycles. The highest BCUT2D eigenvalue weighted by Gasteiger charge is 2.22. The van der Waals surface area contributed by atoms with Gasteiger partial charge < -0.3 is 19.3 Å². The van der Waals surface area contributed by atoms with E-state index >= 15 is 0 Å². The lowest BCUT2D eigenvalue weighted by molar-refractivity contribution is 0.104. The van der Waals surface area contributed by atoms with Crippen molar-refractivity contribution in [3.05, 3.63) is 64.7 Å². The van der Waals surface area contributed by atoms with Crippen LogP contribution in [0, 0.1) is 0 Å². The fourth-order valence-electron chi connectivity index (χ4n) is 2.78. The van der Waals surface area contributed by atoms with Crippen molar-refractivity contribution >= 4 is 11.9 Å². The van der Waals surface area contributed by atoms with Crippen LogP contribution in [-0.4, -0.2) is 32.2 Å². The third kappa shape index (κ3) is 4.94. The summed E-state index contributed by atoms with van der Waals surface area (Å²) in [4.78, 5) is 12.8. The average Bonchev–Trinajstić information content (AvgIpc) is 2.70. The first-order chi connectivity index (χ1) is 13.4. The molecule has 148 valence electrons. The van der Waals surface area contributed by atoms with E-state index in [9.17, 15) is 9.90 Å². The predicted molar refractivity (Wildman–Crippen MR) is 111 cm³/mol. The van der Waals surface area contributed by atoms with Gasteiger partial charge in [0.25, 0.3) is 0 Å². The van der Waals surface area contributed by atoms with E-state index in [1.54, 1.807) is 13.2 Å². The van der Waals surface area contributed by atoms with Crippen molar-refractivity contribution in [3.63, 3.8) is 0 Å². The minimum Gasteiger partial charge on any atom is -0.507 e. The molecule has 1 N–H and O–H groups in total. The van der Waals surface area contributed by atoms with Crippen LogP contribution in [0.2, 0.25) is 0 Å². The number of benzene rings is 2. The van der Waals surface area contributed by atoms with Crippen molar-refractivity contribution in [2.24, 2.45) is 0 Å². The third-order valence-corrected chi connectivity index (χ3v) is 4.25. The second-order valence-corrected chi connectivity index (χ2v) is 6.44. The van der Waals surface area contributed by atoms with E-state index in [1.165, 1.54) is 26.4 Å². The topological polar surface area (TPSA) is 65.0 Å². The molecule has 0 unspecified atom stereocenters. The van der Waals surface area contributed by atoms with Crippen molar-refractivity contribution in [2.75, 3.05) is 21.3 Å². The number of phenolic OH excluding ortho intramolecular Hbond substituents is 1. The molecule has 0 amide bonds. The Morgan fingerprint density at radius 1 is 1.04 bits per heavy atom. The van der Waals surface area contributed by atoms with Gasteiger partial charge in [0.2, 0.25) is 0 Å². The van der Waals surface area contributed by atoms with Gasteiger partial charge in [-0.15, -0.1) is 0 Å². The summed E-state index contributed by atoms with van der Waals surface area (Å²) < 4.78 is 16.0. The number of hydrogen-bond donors (Lipinski definition) is 1. The fraction of sp³-hybridized carbons (Fsp3) is 0.261. The number of ketones is 1. The van der Waals surface area contributed by atoms with Crippen LogP contribution in [0.1, 0.15) is 35.3 Å². The summed E-state index contributed by atoms with van der Waals surface area (Å²) in [6.07, 6.45) is 5.63. The lowest BCUT2D eigenvalue weighted by Crippen LogP contribution is -2.05. The summed E-state index contributed by atoms with van der Waals surface area (Å²) in [7, 11) is 4.59.